The van der Waals surface area contributed by atoms with Gasteiger partial charge >= 0.3 is 0 Å². The van der Waals surface area contributed by atoms with E-state index in [1.165, 1.54) is 0 Å². The van der Waals surface area contributed by atoms with E-state index >= 15 is 0 Å². The van der Waals surface area contributed by atoms with Gasteiger partial charge in [0, 0.05) is 34.9 Å². The van der Waals surface area contributed by atoms with Crippen LogP contribution in [0, 0.1) is 0 Å². The Morgan fingerprint density at radius 1 is 1.42 bits per heavy atom. The first-order valence-corrected chi connectivity index (χ1v) is 7.57. The first-order valence-electron chi connectivity index (χ1n) is 6.37. The summed E-state index contributed by atoms with van der Waals surface area (Å²) in [6.07, 6.45) is 0. The Hall–Kier alpha value is -0.650. The van der Waals surface area contributed by atoms with Crippen molar-refractivity contribution in [3.63, 3.8) is 0 Å². The van der Waals surface area contributed by atoms with Crippen molar-refractivity contribution >= 4 is 38.8 Å². The van der Waals surface area contributed by atoms with E-state index in [-0.39, 0.29) is 0 Å². The van der Waals surface area contributed by atoms with Gasteiger partial charge in [0.15, 0.2) is 0 Å². The van der Waals surface area contributed by atoms with E-state index in [4.69, 9.17) is 18.0 Å². The van der Waals surface area contributed by atoms with Crippen molar-refractivity contribution < 1.29 is 0 Å². The molecule has 0 fully saturated rings. The Bertz CT molecular complexity index is 448. The number of nitrogens with two attached hydrogens (primary N) is 1. The zero-order valence-corrected chi connectivity index (χ0v) is 14.4. The van der Waals surface area contributed by atoms with Gasteiger partial charge in [-0.2, -0.15) is 0 Å². The van der Waals surface area contributed by atoms with Gasteiger partial charge in [0.25, 0.3) is 0 Å². The number of hydrogen-bond acceptors (Lipinski definition) is 3. The van der Waals surface area contributed by atoms with Crippen LogP contribution in [0.4, 0.5) is 5.69 Å². The number of nitrogens with zero attached hydrogens (tertiary/aromatic N) is 2. The minimum Gasteiger partial charge on any atom is -0.389 e. The lowest BCUT2D eigenvalue weighted by atomic mass is 10.1. The number of rotatable bonds is 6. The Kier molecular flexibility index (Phi) is 6.23. The second-order valence-corrected chi connectivity index (χ2v) is 6.28. The molecule has 0 aromatic heterocycles. The molecule has 0 aliphatic rings. The molecule has 1 rings (SSSR count). The summed E-state index contributed by atoms with van der Waals surface area (Å²) in [5.74, 6) is 0. The normalized spacial score (nSPS) is 12.5. The lowest BCUT2D eigenvalue weighted by Gasteiger charge is -2.33. The van der Waals surface area contributed by atoms with Gasteiger partial charge in [-0.05, 0) is 46.1 Å². The number of benzene rings is 1. The minimum absolute atomic E-state index is 0.391. The fourth-order valence-electron chi connectivity index (χ4n) is 2.30. The topological polar surface area (TPSA) is 32.5 Å². The highest BCUT2D eigenvalue weighted by atomic mass is 79.9. The van der Waals surface area contributed by atoms with E-state index in [1.54, 1.807) is 0 Å². The molecular weight excluding hydrogens is 322 g/mol. The zero-order chi connectivity index (χ0) is 14.6. The molecule has 0 spiro atoms. The molecule has 1 atom stereocenters. The molecule has 1 unspecified atom stereocenters. The third kappa shape index (κ3) is 4.44. The molecule has 0 saturated carbocycles. The van der Waals surface area contributed by atoms with Crippen LogP contribution in [0.3, 0.4) is 0 Å². The maximum atomic E-state index is 5.84. The number of hydrogen-bond donors (Lipinski definition) is 1. The van der Waals surface area contributed by atoms with E-state index in [2.05, 4.69) is 59.7 Å². The van der Waals surface area contributed by atoms with Crippen LogP contribution < -0.4 is 10.6 Å². The van der Waals surface area contributed by atoms with Crippen LogP contribution in [0.25, 0.3) is 0 Å². The molecule has 106 valence electrons. The summed E-state index contributed by atoms with van der Waals surface area (Å²) in [5, 5.41) is 0. The number of thiocarbonyl (C=S) groups is 1. The molecule has 0 saturated heterocycles. The monoisotopic (exact) mass is 343 g/mol. The van der Waals surface area contributed by atoms with E-state index in [0.29, 0.717) is 11.0 Å². The van der Waals surface area contributed by atoms with Gasteiger partial charge in [0.1, 0.15) is 4.99 Å². The van der Waals surface area contributed by atoms with Crippen LogP contribution in [-0.2, 0) is 0 Å². The lowest BCUT2D eigenvalue weighted by Crippen LogP contribution is -2.41. The molecule has 0 heterocycles. The molecule has 0 amide bonds. The summed E-state index contributed by atoms with van der Waals surface area (Å²) < 4.78 is 1.04. The van der Waals surface area contributed by atoms with Crippen molar-refractivity contribution in [2.75, 3.05) is 32.1 Å². The maximum Gasteiger partial charge on any atom is 0.106 e. The van der Waals surface area contributed by atoms with Crippen molar-refractivity contribution in [1.29, 1.82) is 0 Å². The summed E-state index contributed by atoms with van der Waals surface area (Å²) in [4.78, 5) is 4.96. The molecule has 0 aliphatic carbocycles. The summed E-state index contributed by atoms with van der Waals surface area (Å²) in [6, 6.07) is 6.43. The summed E-state index contributed by atoms with van der Waals surface area (Å²) in [6.45, 7) is 6.27. The standard InChI is InChI=1S/C14H22BrN3S/c1-5-18(10(2)9-17(3)4)13-8-11(15)6-7-12(13)14(16)19/h6-8,10H,5,9H2,1-4H3,(H2,16,19). The number of halogens is 1. The largest absolute Gasteiger partial charge is 0.389 e. The lowest BCUT2D eigenvalue weighted by molar-refractivity contribution is 0.373. The van der Waals surface area contributed by atoms with Crippen LogP contribution in [0.1, 0.15) is 19.4 Å². The van der Waals surface area contributed by atoms with Crippen LogP contribution in [0.2, 0.25) is 0 Å². The van der Waals surface area contributed by atoms with Gasteiger partial charge in [-0.15, -0.1) is 0 Å². The zero-order valence-electron chi connectivity index (χ0n) is 12.0. The van der Waals surface area contributed by atoms with E-state index in [9.17, 15) is 0 Å². The number of anilines is 1. The first-order chi connectivity index (χ1) is 8.86. The van der Waals surface area contributed by atoms with Gasteiger partial charge in [-0.1, -0.05) is 28.1 Å². The van der Waals surface area contributed by atoms with Crippen molar-refractivity contribution in [3.8, 4) is 0 Å². The molecule has 0 bridgehead atoms. The molecule has 5 heteroatoms. The Balaban J connectivity index is 3.16. The smallest absolute Gasteiger partial charge is 0.106 e. The summed E-state index contributed by atoms with van der Waals surface area (Å²) >= 11 is 8.68. The van der Waals surface area contributed by atoms with Crippen molar-refractivity contribution in [2.45, 2.75) is 19.9 Å². The fourth-order valence-corrected chi connectivity index (χ4v) is 2.82. The second-order valence-electron chi connectivity index (χ2n) is 4.92. The van der Waals surface area contributed by atoms with Gasteiger partial charge < -0.3 is 15.5 Å². The Labute approximate surface area is 129 Å². The van der Waals surface area contributed by atoms with Crippen molar-refractivity contribution in [3.05, 3.63) is 28.2 Å². The fraction of sp³-hybridized carbons (Fsp3) is 0.500. The van der Waals surface area contributed by atoms with E-state index in [1.807, 2.05) is 12.1 Å². The maximum absolute atomic E-state index is 5.84. The van der Waals surface area contributed by atoms with E-state index < -0.39 is 0 Å². The predicted octanol–water partition coefficient (Wildman–Crippen LogP) is 2.86. The minimum atomic E-state index is 0.391. The average molecular weight is 344 g/mol. The van der Waals surface area contributed by atoms with E-state index in [0.717, 1.165) is 28.8 Å². The van der Waals surface area contributed by atoms with Crippen molar-refractivity contribution in [2.24, 2.45) is 5.73 Å². The van der Waals surface area contributed by atoms with Crippen LogP contribution >= 0.6 is 28.1 Å². The summed E-state index contributed by atoms with van der Waals surface area (Å²) in [7, 11) is 4.17. The van der Waals surface area contributed by atoms with Gasteiger partial charge in [-0.3, -0.25) is 0 Å². The molecule has 19 heavy (non-hydrogen) atoms. The van der Waals surface area contributed by atoms with Gasteiger partial charge in [0.05, 0.1) is 0 Å². The second kappa shape index (κ2) is 7.22. The van der Waals surface area contributed by atoms with Crippen LogP contribution in [-0.4, -0.2) is 43.1 Å². The quantitative estimate of drug-likeness (QED) is 0.805. The molecular formula is C14H22BrN3S. The van der Waals surface area contributed by atoms with Gasteiger partial charge in [0.2, 0.25) is 0 Å². The molecule has 1 aromatic rings. The van der Waals surface area contributed by atoms with Crippen molar-refractivity contribution in [1.82, 2.24) is 4.90 Å². The first kappa shape index (κ1) is 16.4. The predicted molar refractivity (Wildman–Crippen MR) is 91.1 cm³/mol. The Morgan fingerprint density at radius 2 is 2.05 bits per heavy atom. The third-order valence-corrected chi connectivity index (χ3v) is 3.75. The molecule has 2 N–H and O–H groups in total. The van der Waals surface area contributed by atoms with Crippen LogP contribution in [0.15, 0.2) is 22.7 Å². The SMILES string of the molecule is CCN(c1cc(Br)ccc1C(N)=S)C(C)CN(C)C. The molecule has 1 aromatic carbocycles. The highest BCUT2D eigenvalue weighted by Crippen LogP contribution is 2.27. The summed E-state index contributed by atoms with van der Waals surface area (Å²) in [5.41, 5.74) is 7.87. The highest BCUT2D eigenvalue weighted by Gasteiger charge is 2.18. The molecule has 0 aliphatic heterocycles. The molecule has 0 radical (unpaired) electrons. The number of likely N-dealkylation sites (N-methyl/N-ethyl adjacent to an activating group) is 2. The highest BCUT2D eigenvalue weighted by molar-refractivity contribution is 9.10. The average Bonchev–Trinajstić information content (AvgIpc) is 2.28. The van der Waals surface area contributed by atoms with Crippen LogP contribution in [0.5, 0.6) is 0 Å². The third-order valence-electron chi connectivity index (χ3n) is 3.04. The molecule has 3 nitrogen and oxygen atoms in total. The Morgan fingerprint density at radius 3 is 2.53 bits per heavy atom. The van der Waals surface area contributed by atoms with Gasteiger partial charge in [-0.25, -0.2) is 0 Å².